The number of carbonyl (C=O) groups is 1. The molecule has 0 aliphatic rings. The van der Waals surface area contributed by atoms with Gasteiger partial charge >= 0.3 is 6.18 Å². The summed E-state index contributed by atoms with van der Waals surface area (Å²) in [5.41, 5.74) is -0.415. The number of phenols is 1. The Bertz CT molecular complexity index is 950. The van der Waals surface area contributed by atoms with E-state index in [1.165, 1.54) is 25.2 Å². The molecule has 0 bridgehead atoms. The molecule has 3 rings (SSSR count). The topological polar surface area (TPSA) is 67.2 Å². The lowest BCUT2D eigenvalue weighted by Crippen LogP contribution is -2.17. The summed E-state index contributed by atoms with van der Waals surface area (Å²) in [6, 6.07) is 13.2. The van der Waals surface area contributed by atoms with Crippen molar-refractivity contribution >= 4 is 11.6 Å². The maximum Gasteiger partial charge on any atom is 0.435 e. The molecule has 26 heavy (non-hydrogen) atoms. The first kappa shape index (κ1) is 17.5. The van der Waals surface area contributed by atoms with Crippen LogP contribution in [-0.4, -0.2) is 20.8 Å². The van der Waals surface area contributed by atoms with E-state index >= 15 is 0 Å². The number of amides is 1. The molecule has 3 aromatic rings. The number of halogens is 3. The van der Waals surface area contributed by atoms with Crippen molar-refractivity contribution in [2.75, 3.05) is 5.32 Å². The SMILES string of the molecule is Cn1cc(C(=O)Nc2ccc(O)c(-c3ccccc3)c2)c(C(F)(F)F)n1. The fraction of sp³-hybridized carbons (Fsp3) is 0.111. The van der Waals surface area contributed by atoms with Gasteiger partial charge in [0.2, 0.25) is 0 Å². The van der Waals surface area contributed by atoms with Gasteiger partial charge in [-0.15, -0.1) is 0 Å². The van der Waals surface area contributed by atoms with Gasteiger partial charge in [0.05, 0.1) is 5.56 Å². The fourth-order valence-corrected chi connectivity index (χ4v) is 2.53. The molecule has 0 aliphatic carbocycles. The Labute approximate surface area is 146 Å². The van der Waals surface area contributed by atoms with Crippen LogP contribution >= 0.6 is 0 Å². The molecule has 0 spiro atoms. The van der Waals surface area contributed by atoms with E-state index in [9.17, 15) is 23.1 Å². The summed E-state index contributed by atoms with van der Waals surface area (Å²) < 4.78 is 40.0. The maximum atomic E-state index is 13.0. The second-order valence-corrected chi connectivity index (χ2v) is 5.61. The summed E-state index contributed by atoms with van der Waals surface area (Å²) in [5.74, 6) is -0.943. The molecule has 1 aromatic heterocycles. The number of aryl methyl sites for hydroxylation is 1. The highest BCUT2D eigenvalue weighted by Crippen LogP contribution is 2.33. The van der Waals surface area contributed by atoms with Gasteiger partial charge in [-0.2, -0.15) is 18.3 Å². The van der Waals surface area contributed by atoms with Crippen LogP contribution in [0.15, 0.2) is 54.7 Å². The number of aromatic hydroxyl groups is 1. The largest absolute Gasteiger partial charge is 0.507 e. The molecule has 134 valence electrons. The predicted molar refractivity (Wildman–Crippen MR) is 89.7 cm³/mol. The van der Waals surface area contributed by atoms with E-state index in [4.69, 9.17) is 0 Å². The quantitative estimate of drug-likeness (QED) is 0.691. The second kappa shape index (κ2) is 6.55. The zero-order chi connectivity index (χ0) is 18.9. The zero-order valence-corrected chi connectivity index (χ0v) is 13.6. The fourth-order valence-electron chi connectivity index (χ4n) is 2.53. The van der Waals surface area contributed by atoms with Gasteiger partial charge in [0, 0.05) is 24.5 Å². The lowest BCUT2D eigenvalue weighted by molar-refractivity contribution is -0.141. The average molecular weight is 361 g/mol. The number of anilines is 1. The number of phenolic OH excluding ortho intramolecular Hbond substituents is 1. The maximum absolute atomic E-state index is 13.0. The van der Waals surface area contributed by atoms with Crippen molar-refractivity contribution in [1.82, 2.24) is 9.78 Å². The Morgan fingerprint density at radius 3 is 2.50 bits per heavy atom. The van der Waals surface area contributed by atoms with E-state index in [2.05, 4.69) is 10.4 Å². The summed E-state index contributed by atoms with van der Waals surface area (Å²) in [5, 5.41) is 15.8. The summed E-state index contributed by atoms with van der Waals surface area (Å²) in [4.78, 5) is 12.3. The smallest absolute Gasteiger partial charge is 0.435 e. The van der Waals surface area contributed by atoms with Gasteiger partial charge in [-0.05, 0) is 23.8 Å². The van der Waals surface area contributed by atoms with Gasteiger partial charge in [-0.1, -0.05) is 30.3 Å². The van der Waals surface area contributed by atoms with Crippen molar-refractivity contribution in [3.63, 3.8) is 0 Å². The molecule has 0 fully saturated rings. The van der Waals surface area contributed by atoms with E-state index in [0.717, 1.165) is 10.9 Å². The molecule has 0 atom stereocenters. The van der Waals surface area contributed by atoms with Crippen LogP contribution in [0.1, 0.15) is 16.1 Å². The molecule has 0 radical (unpaired) electrons. The number of hydrogen-bond donors (Lipinski definition) is 2. The Morgan fingerprint density at radius 2 is 1.85 bits per heavy atom. The molecule has 0 unspecified atom stereocenters. The van der Waals surface area contributed by atoms with Crippen molar-refractivity contribution in [2.45, 2.75) is 6.18 Å². The van der Waals surface area contributed by atoms with Crippen LogP contribution in [0.2, 0.25) is 0 Å². The van der Waals surface area contributed by atoms with Crippen LogP contribution in [0, 0.1) is 0 Å². The van der Waals surface area contributed by atoms with Crippen molar-refractivity contribution in [1.29, 1.82) is 0 Å². The molecule has 0 saturated heterocycles. The normalized spacial score (nSPS) is 11.4. The number of nitrogens with one attached hydrogen (secondary N) is 1. The van der Waals surface area contributed by atoms with Crippen LogP contribution in [0.4, 0.5) is 18.9 Å². The Hall–Kier alpha value is -3.29. The van der Waals surface area contributed by atoms with Crippen LogP contribution < -0.4 is 5.32 Å². The molecule has 0 aliphatic heterocycles. The molecular formula is C18H14F3N3O2. The zero-order valence-electron chi connectivity index (χ0n) is 13.6. The predicted octanol–water partition coefficient (Wildman–Crippen LogP) is 4.06. The number of aromatic nitrogens is 2. The summed E-state index contributed by atoms with van der Waals surface area (Å²) in [6.07, 6.45) is -3.73. The lowest BCUT2D eigenvalue weighted by Gasteiger charge is -2.10. The number of benzene rings is 2. The highest BCUT2D eigenvalue weighted by molar-refractivity contribution is 6.05. The molecular weight excluding hydrogens is 347 g/mol. The third-order valence-corrected chi connectivity index (χ3v) is 3.68. The van der Waals surface area contributed by atoms with Crippen LogP contribution in [-0.2, 0) is 13.2 Å². The monoisotopic (exact) mass is 361 g/mol. The standard InChI is InChI=1S/C18H14F3N3O2/c1-24-10-14(16(23-24)18(19,20)21)17(26)22-12-7-8-15(25)13(9-12)11-5-3-2-4-6-11/h2-10,25H,1H3,(H,22,26). The first-order valence-electron chi connectivity index (χ1n) is 7.56. The summed E-state index contributed by atoms with van der Waals surface area (Å²) in [7, 11) is 1.31. The number of rotatable bonds is 3. The third-order valence-electron chi connectivity index (χ3n) is 3.68. The molecule has 2 N–H and O–H groups in total. The molecule has 1 amide bonds. The number of alkyl halides is 3. The average Bonchev–Trinajstić information content (AvgIpc) is 3.00. The van der Waals surface area contributed by atoms with Gasteiger partial charge in [-0.3, -0.25) is 9.48 Å². The molecule has 1 heterocycles. The number of nitrogens with zero attached hydrogens (tertiary/aromatic N) is 2. The Kier molecular flexibility index (Phi) is 4.41. The van der Waals surface area contributed by atoms with E-state index in [1.807, 2.05) is 6.07 Å². The summed E-state index contributed by atoms with van der Waals surface area (Å²) >= 11 is 0. The minimum atomic E-state index is -4.74. The van der Waals surface area contributed by atoms with Gasteiger partial charge < -0.3 is 10.4 Å². The van der Waals surface area contributed by atoms with Crippen molar-refractivity contribution < 1.29 is 23.1 Å². The molecule has 2 aromatic carbocycles. The number of carbonyl (C=O) groups excluding carboxylic acids is 1. The van der Waals surface area contributed by atoms with E-state index in [1.54, 1.807) is 24.3 Å². The third kappa shape index (κ3) is 3.53. The Morgan fingerprint density at radius 1 is 1.15 bits per heavy atom. The highest BCUT2D eigenvalue weighted by atomic mass is 19.4. The van der Waals surface area contributed by atoms with E-state index in [0.29, 0.717) is 11.1 Å². The minimum Gasteiger partial charge on any atom is -0.507 e. The van der Waals surface area contributed by atoms with Gasteiger partial charge in [0.15, 0.2) is 5.69 Å². The van der Waals surface area contributed by atoms with E-state index in [-0.39, 0.29) is 11.4 Å². The molecule has 0 saturated carbocycles. The van der Waals surface area contributed by atoms with Crippen molar-refractivity contribution in [2.24, 2.45) is 7.05 Å². The first-order chi connectivity index (χ1) is 12.3. The number of hydrogen-bond acceptors (Lipinski definition) is 3. The van der Waals surface area contributed by atoms with Crippen LogP contribution in [0.5, 0.6) is 5.75 Å². The molecule has 8 heteroatoms. The van der Waals surface area contributed by atoms with Crippen LogP contribution in [0.25, 0.3) is 11.1 Å². The lowest BCUT2D eigenvalue weighted by atomic mass is 10.0. The van der Waals surface area contributed by atoms with Crippen molar-refractivity contribution in [3.8, 4) is 16.9 Å². The minimum absolute atomic E-state index is 0.00782. The van der Waals surface area contributed by atoms with Crippen molar-refractivity contribution in [3.05, 3.63) is 66.0 Å². The highest BCUT2D eigenvalue weighted by Gasteiger charge is 2.39. The second-order valence-electron chi connectivity index (χ2n) is 5.61. The van der Waals surface area contributed by atoms with Gasteiger partial charge in [-0.25, -0.2) is 0 Å². The molecule has 5 nitrogen and oxygen atoms in total. The first-order valence-corrected chi connectivity index (χ1v) is 7.56. The van der Waals surface area contributed by atoms with Gasteiger partial charge in [0.25, 0.3) is 5.91 Å². The summed E-state index contributed by atoms with van der Waals surface area (Å²) in [6.45, 7) is 0. The van der Waals surface area contributed by atoms with E-state index < -0.39 is 23.3 Å². The van der Waals surface area contributed by atoms with Gasteiger partial charge in [0.1, 0.15) is 5.75 Å². The van der Waals surface area contributed by atoms with Crippen LogP contribution in [0.3, 0.4) is 0 Å². The Balaban J connectivity index is 1.92.